The van der Waals surface area contributed by atoms with E-state index in [-0.39, 0.29) is 30.0 Å². The fraction of sp³-hybridized carbons (Fsp3) is 0.688. The zero-order valence-corrected chi connectivity index (χ0v) is 16.0. The van der Waals surface area contributed by atoms with Crippen LogP contribution < -0.4 is 10.6 Å². The van der Waals surface area contributed by atoms with Crippen LogP contribution in [0.5, 0.6) is 0 Å². The summed E-state index contributed by atoms with van der Waals surface area (Å²) in [6, 6.07) is 0. The number of sulfone groups is 1. The van der Waals surface area contributed by atoms with Crippen molar-refractivity contribution in [1.82, 2.24) is 15.1 Å². The van der Waals surface area contributed by atoms with Gasteiger partial charge in [-0.15, -0.1) is 0 Å². The summed E-state index contributed by atoms with van der Waals surface area (Å²) in [5.74, 6) is -1.70. The highest BCUT2D eigenvalue weighted by atomic mass is 32.2. The number of fused-ring (bicyclic) bond motifs is 1. The van der Waals surface area contributed by atoms with Gasteiger partial charge in [0.1, 0.15) is 5.82 Å². The third-order valence-electron chi connectivity index (χ3n) is 4.38. The molecule has 3 heterocycles. The molecule has 1 aromatic heterocycles. The van der Waals surface area contributed by atoms with Crippen molar-refractivity contribution in [3.8, 4) is 0 Å². The van der Waals surface area contributed by atoms with Crippen molar-refractivity contribution in [2.24, 2.45) is 0 Å². The summed E-state index contributed by atoms with van der Waals surface area (Å²) in [5.41, 5.74) is 0.403. The van der Waals surface area contributed by atoms with Gasteiger partial charge in [0.2, 0.25) is 0 Å². The van der Waals surface area contributed by atoms with Gasteiger partial charge in [0, 0.05) is 18.7 Å². The minimum absolute atomic E-state index is 0.0683. The Balaban J connectivity index is 1.76. The average molecular weight is 384 g/mol. The van der Waals surface area contributed by atoms with Gasteiger partial charge in [-0.1, -0.05) is 0 Å². The number of carbonyl (C=O) groups excluding carboxylic acids is 2. The Bertz CT molecular complexity index is 832. The lowest BCUT2D eigenvalue weighted by molar-refractivity contribution is -0.136. The Hall–Kier alpha value is -1.94. The van der Waals surface area contributed by atoms with Crippen LogP contribution in [0.4, 0.5) is 5.82 Å². The summed E-state index contributed by atoms with van der Waals surface area (Å²) in [4.78, 5) is 24.4. The van der Waals surface area contributed by atoms with Crippen molar-refractivity contribution < 1.29 is 22.7 Å². The van der Waals surface area contributed by atoms with Gasteiger partial charge in [-0.25, -0.2) is 13.1 Å². The quantitative estimate of drug-likeness (QED) is 0.724. The highest BCUT2D eigenvalue weighted by Gasteiger charge is 2.35. The van der Waals surface area contributed by atoms with Gasteiger partial charge in [-0.2, -0.15) is 5.10 Å². The fourth-order valence-corrected chi connectivity index (χ4v) is 4.61. The standard InChI is InChI=1S/C16H24N4O5S/c1-16(2,3)20-13(11-8-26(23,24)9-12(11)19-20)18-15(22)14(21)17-7-10-5-4-6-25-10/h10H,4-9H2,1-3H3,(H,17,21)(H,18,22). The minimum atomic E-state index is -3.27. The molecule has 9 nitrogen and oxygen atoms in total. The Labute approximate surface area is 152 Å². The number of nitrogens with one attached hydrogen (secondary N) is 2. The molecule has 1 saturated heterocycles. The van der Waals surface area contributed by atoms with Gasteiger partial charge in [0.15, 0.2) is 9.84 Å². The lowest BCUT2D eigenvalue weighted by Gasteiger charge is -2.23. The van der Waals surface area contributed by atoms with E-state index in [1.807, 2.05) is 20.8 Å². The number of ether oxygens (including phenoxy) is 1. The van der Waals surface area contributed by atoms with Crippen molar-refractivity contribution in [3.63, 3.8) is 0 Å². The summed E-state index contributed by atoms with van der Waals surface area (Å²) in [7, 11) is -3.27. The number of rotatable bonds is 3. The smallest absolute Gasteiger partial charge is 0.314 e. The van der Waals surface area contributed by atoms with Crippen LogP contribution in [0.2, 0.25) is 0 Å². The van der Waals surface area contributed by atoms with Crippen LogP contribution >= 0.6 is 0 Å². The predicted octanol–water partition coefficient (Wildman–Crippen LogP) is 0.300. The highest BCUT2D eigenvalue weighted by Crippen LogP contribution is 2.34. The molecule has 0 bridgehead atoms. The third-order valence-corrected chi connectivity index (χ3v) is 5.82. The number of aromatic nitrogens is 2. The summed E-state index contributed by atoms with van der Waals surface area (Å²) < 4.78 is 30.7. The molecule has 144 valence electrons. The molecule has 1 atom stereocenters. The van der Waals surface area contributed by atoms with Gasteiger partial charge < -0.3 is 15.4 Å². The maximum Gasteiger partial charge on any atom is 0.314 e. The first-order valence-corrected chi connectivity index (χ1v) is 10.4. The maximum atomic E-state index is 12.3. The summed E-state index contributed by atoms with van der Waals surface area (Å²) in [5, 5.41) is 9.46. The number of nitrogens with zero attached hydrogens (tertiary/aromatic N) is 2. The molecule has 1 unspecified atom stereocenters. The van der Waals surface area contributed by atoms with E-state index in [0.29, 0.717) is 17.9 Å². The second-order valence-corrected chi connectivity index (χ2v) is 9.75. The second-order valence-electron chi connectivity index (χ2n) is 7.69. The zero-order valence-electron chi connectivity index (χ0n) is 15.2. The zero-order chi connectivity index (χ0) is 19.1. The van der Waals surface area contributed by atoms with E-state index in [1.54, 1.807) is 4.68 Å². The van der Waals surface area contributed by atoms with E-state index < -0.39 is 27.2 Å². The van der Waals surface area contributed by atoms with Crippen molar-refractivity contribution in [2.45, 2.75) is 56.8 Å². The molecular formula is C16H24N4O5S. The molecule has 0 saturated carbocycles. The molecule has 26 heavy (non-hydrogen) atoms. The molecule has 0 aromatic carbocycles. The molecule has 10 heteroatoms. The van der Waals surface area contributed by atoms with E-state index >= 15 is 0 Å². The Morgan fingerprint density at radius 3 is 2.62 bits per heavy atom. The van der Waals surface area contributed by atoms with E-state index in [1.165, 1.54) is 0 Å². The number of hydrogen-bond donors (Lipinski definition) is 2. The van der Waals surface area contributed by atoms with E-state index in [0.717, 1.165) is 12.8 Å². The first-order valence-electron chi connectivity index (χ1n) is 8.59. The van der Waals surface area contributed by atoms with E-state index in [4.69, 9.17) is 4.74 Å². The Kier molecular flexibility index (Phi) is 4.82. The first kappa shape index (κ1) is 18.8. The molecule has 2 aliphatic heterocycles. The van der Waals surface area contributed by atoms with Crippen LogP contribution in [0.1, 0.15) is 44.9 Å². The van der Waals surface area contributed by atoms with Gasteiger partial charge in [0.25, 0.3) is 0 Å². The van der Waals surface area contributed by atoms with Gasteiger partial charge in [-0.3, -0.25) is 9.59 Å². The average Bonchev–Trinajstić information content (AvgIpc) is 3.20. The molecule has 1 aromatic rings. The topological polar surface area (TPSA) is 119 Å². The predicted molar refractivity (Wildman–Crippen MR) is 94.2 cm³/mol. The number of hydrogen-bond acceptors (Lipinski definition) is 6. The monoisotopic (exact) mass is 384 g/mol. The molecule has 2 aliphatic rings. The third kappa shape index (κ3) is 3.90. The number of carbonyl (C=O) groups is 2. The molecule has 1 fully saturated rings. The SMILES string of the molecule is CC(C)(C)n1nc2c(c1NC(=O)C(=O)NCC1CCCO1)CS(=O)(=O)C2. The van der Waals surface area contributed by atoms with Crippen molar-refractivity contribution in [3.05, 3.63) is 11.3 Å². The number of amides is 2. The van der Waals surface area contributed by atoms with E-state index in [2.05, 4.69) is 15.7 Å². The Morgan fingerprint density at radius 1 is 1.27 bits per heavy atom. The van der Waals surface area contributed by atoms with Crippen LogP contribution in [0, 0.1) is 0 Å². The fourth-order valence-electron chi connectivity index (χ4n) is 3.11. The maximum absolute atomic E-state index is 12.3. The van der Waals surface area contributed by atoms with Crippen LogP contribution in [0.25, 0.3) is 0 Å². The Morgan fingerprint density at radius 2 is 2.00 bits per heavy atom. The van der Waals surface area contributed by atoms with Gasteiger partial charge >= 0.3 is 11.8 Å². The lowest BCUT2D eigenvalue weighted by Crippen LogP contribution is -2.40. The molecule has 0 spiro atoms. The van der Waals surface area contributed by atoms with Crippen LogP contribution in [0.3, 0.4) is 0 Å². The summed E-state index contributed by atoms with van der Waals surface area (Å²) in [6.07, 6.45) is 1.73. The summed E-state index contributed by atoms with van der Waals surface area (Å²) >= 11 is 0. The normalized spacial score (nSPS) is 21.4. The summed E-state index contributed by atoms with van der Waals surface area (Å²) in [6.45, 7) is 6.60. The molecule has 2 N–H and O–H groups in total. The highest BCUT2D eigenvalue weighted by molar-refractivity contribution is 7.90. The van der Waals surface area contributed by atoms with Crippen molar-refractivity contribution in [1.29, 1.82) is 0 Å². The molecule has 3 rings (SSSR count). The molecule has 0 radical (unpaired) electrons. The minimum Gasteiger partial charge on any atom is -0.376 e. The molecule has 0 aliphatic carbocycles. The van der Waals surface area contributed by atoms with Crippen molar-refractivity contribution in [2.75, 3.05) is 18.5 Å². The number of anilines is 1. The van der Waals surface area contributed by atoms with Crippen LogP contribution in [-0.2, 0) is 41.2 Å². The van der Waals surface area contributed by atoms with E-state index in [9.17, 15) is 18.0 Å². The van der Waals surface area contributed by atoms with Crippen molar-refractivity contribution >= 4 is 27.5 Å². The first-order chi connectivity index (χ1) is 12.1. The molecular weight excluding hydrogens is 360 g/mol. The molecule has 2 amide bonds. The van der Waals surface area contributed by atoms with Gasteiger partial charge in [-0.05, 0) is 33.6 Å². The van der Waals surface area contributed by atoms with Gasteiger partial charge in [0.05, 0.1) is 28.8 Å². The van der Waals surface area contributed by atoms with Crippen LogP contribution in [-0.4, -0.2) is 49.3 Å². The lowest BCUT2D eigenvalue weighted by atomic mass is 10.1. The van der Waals surface area contributed by atoms with Crippen LogP contribution in [0.15, 0.2) is 0 Å². The second kappa shape index (κ2) is 6.66. The largest absolute Gasteiger partial charge is 0.376 e.